The number of aliphatic hydroxyl groups excluding tert-OH is 1. The van der Waals surface area contributed by atoms with Gasteiger partial charge in [-0.3, -0.25) is 4.79 Å². The van der Waals surface area contributed by atoms with Crippen molar-refractivity contribution < 1.29 is 24.5 Å². The number of amides is 2. The molecule has 0 unspecified atom stereocenters. The van der Waals surface area contributed by atoms with E-state index < -0.39 is 12.2 Å². The van der Waals surface area contributed by atoms with E-state index in [4.69, 9.17) is 9.84 Å². The minimum absolute atomic E-state index is 0.147. The van der Waals surface area contributed by atoms with Crippen LogP contribution in [0.5, 0.6) is 0 Å². The molecule has 2 amide bonds. The Labute approximate surface area is 187 Å². The predicted octanol–water partition coefficient (Wildman–Crippen LogP) is 3.40. The minimum Gasteiger partial charge on any atom is -0.465 e. The number of fused-ring (bicyclic) bond motifs is 1. The van der Waals surface area contributed by atoms with Crippen molar-refractivity contribution in [3.05, 3.63) is 83.9 Å². The number of nitrogens with zero attached hydrogens (tertiary/aromatic N) is 1. The first-order valence-corrected chi connectivity index (χ1v) is 10.5. The van der Waals surface area contributed by atoms with Crippen molar-refractivity contribution in [2.24, 2.45) is 0 Å². The van der Waals surface area contributed by atoms with Crippen LogP contribution in [0.4, 0.5) is 4.79 Å². The average Bonchev–Trinajstić information content (AvgIpc) is 2.82. The molecule has 0 aliphatic rings. The second-order valence-electron chi connectivity index (χ2n) is 7.59. The van der Waals surface area contributed by atoms with Crippen LogP contribution >= 0.6 is 0 Å². The highest BCUT2D eigenvalue weighted by Gasteiger charge is 2.29. The lowest BCUT2D eigenvalue weighted by Gasteiger charge is -2.31. The topological polar surface area (TPSA) is 99.1 Å². The van der Waals surface area contributed by atoms with E-state index in [0.717, 1.165) is 21.9 Å². The maximum absolute atomic E-state index is 12.2. The van der Waals surface area contributed by atoms with Crippen molar-refractivity contribution in [2.45, 2.75) is 12.0 Å². The molecule has 3 aromatic rings. The first kappa shape index (κ1) is 23.2. The third-order valence-corrected chi connectivity index (χ3v) is 5.32. The summed E-state index contributed by atoms with van der Waals surface area (Å²) in [5.41, 5.74) is 1.76. The normalized spacial score (nSPS) is 12.8. The Hall–Kier alpha value is -3.42. The zero-order valence-electron chi connectivity index (χ0n) is 18.0. The summed E-state index contributed by atoms with van der Waals surface area (Å²) in [5, 5.41) is 23.2. The smallest absolute Gasteiger partial charge is 0.407 e. The van der Waals surface area contributed by atoms with Crippen LogP contribution in [0.15, 0.2) is 72.8 Å². The number of hydrogen-bond donors (Lipinski definition) is 3. The van der Waals surface area contributed by atoms with Gasteiger partial charge < -0.3 is 25.2 Å². The lowest BCUT2D eigenvalue weighted by molar-refractivity contribution is -0.128. The fourth-order valence-electron chi connectivity index (χ4n) is 3.69. The fraction of sp³-hybridized carbons (Fsp3) is 0.280. The molecule has 3 aromatic carbocycles. The molecule has 0 fully saturated rings. The van der Waals surface area contributed by atoms with E-state index in [0.29, 0.717) is 0 Å². The molecule has 3 rings (SSSR count). The first-order chi connectivity index (χ1) is 15.5. The molecule has 3 N–H and O–H groups in total. The van der Waals surface area contributed by atoms with Crippen LogP contribution in [0.2, 0.25) is 0 Å². The summed E-state index contributed by atoms with van der Waals surface area (Å²) in [4.78, 5) is 25.0. The maximum Gasteiger partial charge on any atom is 0.407 e. The summed E-state index contributed by atoms with van der Waals surface area (Å²) in [6, 6.07) is 23.5. The molecule has 0 saturated carbocycles. The average molecular weight is 437 g/mol. The monoisotopic (exact) mass is 436 g/mol. The molecule has 168 valence electrons. The number of likely N-dealkylation sites (N-methyl/N-ethyl adjacent to an activating group) is 1. The molecule has 7 heteroatoms. The lowest BCUT2D eigenvalue weighted by Crippen LogP contribution is -2.35. The summed E-state index contributed by atoms with van der Waals surface area (Å²) in [6.07, 6.45) is -1.60. The molecule has 0 aliphatic carbocycles. The van der Waals surface area contributed by atoms with Gasteiger partial charge in [0.2, 0.25) is 5.91 Å². The molecular weight excluding hydrogens is 408 g/mol. The number of nitrogens with one attached hydrogen (secondary N) is 1. The first-order valence-electron chi connectivity index (χ1n) is 10.5. The molecule has 0 bridgehead atoms. The van der Waals surface area contributed by atoms with Crippen molar-refractivity contribution in [1.29, 1.82) is 0 Å². The Bertz CT molecular complexity index is 1040. The number of rotatable bonds is 10. The molecule has 0 aromatic heterocycles. The second-order valence-corrected chi connectivity index (χ2v) is 7.59. The highest BCUT2D eigenvalue weighted by Crippen LogP contribution is 2.36. The molecule has 0 radical (unpaired) electrons. The summed E-state index contributed by atoms with van der Waals surface area (Å²) in [7, 11) is 1.52. The quantitative estimate of drug-likeness (QED) is 0.452. The maximum atomic E-state index is 12.2. The molecule has 0 heterocycles. The number of aliphatic hydroxyl groups is 1. The third-order valence-electron chi connectivity index (χ3n) is 5.32. The van der Waals surface area contributed by atoms with Crippen LogP contribution in [0.1, 0.15) is 23.1 Å². The van der Waals surface area contributed by atoms with Crippen molar-refractivity contribution in [2.75, 3.05) is 33.4 Å². The number of carbonyl (C=O) groups excluding carboxylic acids is 1. The van der Waals surface area contributed by atoms with Gasteiger partial charge >= 0.3 is 6.09 Å². The van der Waals surface area contributed by atoms with Gasteiger partial charge in [-0.25, -0.2) is 4.79 Å². The number of ether oxygens (including phenoxy) is 1. The van der Waals surface area contributed by atoms with Gasteiger partial charge in [-0.1, -0.05) is 72.8 Å². The Morgan fingerprint density at radius 3 is 2.34 bits per heavy atom. The van der Waals surface area contributed by atoms with Gasteiger partial charge in [0.15, 0.2) is 0 Å². The van der Waals surface area contributed by atoms with Crippen molar-refractivity contribution in [3.8, 4) is 0 Å². The predicted molar refractivity (Wildman–Crippen MR) is 123 cm³/mol. The van der Waals surface area contributed by atoms with Crippen LogP contribution in [-0.2, 0) is 9.53 Å². The Morgan fingerprint density at radius 1 is 0.969 bits per heavy atom. The molecule has 32 heavy (non-hydrogen) atoms. The van der Waals surface area contributed by atoms with Crippen LogP contribution in [0.3, 0.4) is 0 Å². The van der Waals surface area contributed by atoms with E-state index in [1.807, 2.05) is 72.8 Å². The van der Waals surface area contributed by atoms with E-state index in [9.17, 15) is 14.7 Å². The summed E-state index contributed by atoms with van der Waals surface area (Å²) >= 11 is 0. The summed E-state index contributed by atoms with van der Waals surface area (Å²) in [6.45, 7) is -0.0308. The standard InChI is InChI=1S/C25H28N2O5/c1-27(25(30)31)16-22(21-12-11-18-7-5-6-10-20(18)15-21)24(19-8-3-2-4-9-19)32-17-23(29)26-13-14-28/h2-12,15,22,24,28H,13-14,16-17H2,1H3,(H,26,29)(H,30,31)/t22-,24+/m0/s1. The van der Waals surface area contributed by atoms with E-state index in [2.05, 4.69) is 5.32 Å². The minimum atomic E-state index is -1.04. The van der Waals surface area contributed by atoms with Crippen LogP contribution in [-0.4, -0.2) is 60.5 Å². The highest BCUT2D eigenvalue weighted by atomic mass is 16.5. The third kappa shape index (κ3) is 6.06. The molecular formula is C25H28N2O5. The number of hydrogen-bond acceptors (Lipinski definition) is 4. The second kappa shape index (κ2) is 11.3. The molecule has 2 atom stereocenters. The number of carbonyl (C=O) groups is 2. The highest BCUT2D eigenvalue weighted by molar-refractivity contribution is 5.83. The number of benzene rings is 3. The Kier molecular flexibility index (Phi) is 8.19. The van der Waals surface area contributed by atoms with Crippen molar-refractivity contribution in [1.82, 2.24) is 10.2 Å². The van der Waals surface area contributed by atoms with Gasteiger partial charge in [-0.2, -0.15) is 0 Å². The van der Waals surface area contributed by atoms with Gasteiger partial charge in [0, 0.05) is 26.1 Å². The van der Waals surface area contributed by atoms with E-state index in [1.165, 1.54) is 11.9 Å². The Balaban J connectivity index is 1.99. The Morgan fingerprint density at radius 2 is 1.66 bits per heavy atom. The summed E-state index contributed by atoms with van der Waals surface area (Å²) in [5.74, 6) is -0.697. The van der Waals surface area contributed by atoms with E-state index in [1.54, 1.807) is 0 Å². The van der Waals surface area contributed by atoms with E-state index >= 15 is 0 Å². The SMILES string of the molecule is CN(C[C@@H](c1ccc2ccccc2c1)[C@H](OCC(=O)NCCO)c1ccccc1)C(=O)O. The summed E-state index contributed by atoms with van der Waals surface area (Å²) < 4.78 is 6.08. The molecule has 0 aliphatic heterocycles. The van der Waals surface area contributed by atoms with E-state index in [-0.39, 0.29) is 38.1 Å². The fourth-order valence-corrected chi connectivity index (χ4v) is 3.69. The zero-order valence-corrected chi connectivity index (χ0v) is 18.0. The zero-order chi connectivity index (χ0) is 22.9. The molecule has 7 nitrogen and oxygen atoms in total. The largest absolute Gasteiger partial charge is 0.465 e. The van der Waals surface area contributed by atoms with Gasteiger partial charge in [0.1, 0.15) is 6.61 Å². The van der Waals surface area contributed by atoms with Crippen LogP contribution in [0, 0.1) is 0 Å². The van der Waals surface area contributed by atoms with Gasteiger partial charge in [-0.05, 0) is 21.9 Å². The lowest BCUT2D eigenvalue weighted by atomic mass is 9.87. The van der Waals surface area contributed by atoms with Crippen molar-refractivity contribution in [3.63, 3.8) is 0 Å². The number of carboxylic acid groups (broad SMARTS) is 1. The van der Waals surface area contributed by atoms with Gasteiger partial charge in [-0.15, -0.1) is 0 Å². The molecule has 0 saturated heterocycles. The van der Waals surface area contributed by atoms with Gasteiger partial charge in [0.05, 0.1) is 12.7 Å². The molecule has 0 spiro atoms. The van der Waals surface area contributed by atoms with Crippen molar-refractivity contribution >= 4 is 22.8 Å². The van der Waals surface area contributed by atoms with Crippen LogP contribution in [0.25, 0.3) is 10.8 Å². The van der Waals surface area contributed by atoms with Gasteiger partial charge in [0.25, 0.3) is 0 Å². The van der Waals surface area contributed by atoms with Crippen LogP contribution < -0.4 is 5.32 Å².